The third kappa shape index (κ3) is 1.58. The quantitative estimate of drug-likeness (QED) is 0.719. The summed E-state index contributed by atoms with van der Waals surface area (Å²) < 4.78 is 31.0. The predicted octanol–water partition coefficient (Wildman–Crippen LogP) is 2.46. The number of hydrogen-bond acceptors (Lipinski definition) is 3. The number of furan rings is 1. The van der Waals surface area contributed by atoms with Gasteiger partial charge in [0, 0.05) is 6.07 Å². The van der Waals surface area contributed by atoms with E-state index in [1.165, 1.54) is 12.5 Å². The topological polar surface area (TPSA) is 58.9 Å². The van der Waals surface area contributed by atoms with Gasteiger partial charge in [-0.1, -0.05) is 0 Å². The molecule has 3 aromatic rings. The summed E-state index contributed by atoms with van der Waals surface area (Å²) in [6, 6.07) is 3.32. The van der Waals surface area contributed by atoms with Gasteiger partial charge in [-0.3, -0.25) is 4.79 Å². The van der Waals surface area contributed by atoms with Crippen LogP contribution in [0.2, 0.25) is 0 Å². The van der Waals surface area contributed by atoms with E-state index < -0.39 is 17.2 Å². The summed E-state index contributed by atoms with van der Waals surface area (Å²) in [6.45, 7) is 0. The molecule has 6 heteroatoms. The molecule has 0 fully saturated rings. The molecule has 1 aromatic carbocycles. The molecule has 3 rings (SSSR count). The number of nitrogens with one attached hydrogen (secondary N) is 1. The minimum Gasteiger partial charge on any atom is -0.472 e. The van der Waals surface area contributed by atoms with Gasteiger partial charge in [0.15, 0.2) is 11.6 Å². The third-order valence-corrected chi connectivity index (χ3v) is 2.54. The molecular weight excluding hydrogens is 242 g/mol. The minimum absolute atomic E-state index is 0.00106. The lowest BCUT2D eigenvalue weighted by molar-refractivity contribution is 0.510. The number of nitrogens with zero attached hydrogens (tertiary/aromatic N) is 1. The summed E-state index contributed by atoms with van der Waals surface area (Å²) in [4.78, 5) is 18.3. The fraction of sp³-hybridized carbons (Fsp3) is 0. The molecular formula is C12H6F2N2O2. The Morgan fingerprint density at radius 3 is 2.72 bits per heavy atom. The van der Waals surface area contributed by atoms with Crippen LogP contribution in [0.4, 0.5) is 8.78 Å². The van der Waals surface area contributed by atoms with Crippen LogP contribution in [-0.2, 0) is 0 Å². The van der Waals surface area contributed by atoms with E-state index in [0.29, 0.717) is 5.56 Å². The molecule has 0 atom stereocenters. The number of aromatic amines is 1. The minimum atomic E-state index is -1.08. The van der Waals surface area contributed by atoms with Gasteiger partial charge in [0.1, 0.15) is 12.1 Å². The van der Waals surface area contributed by atoms with E-state index in [9.17, 15) is 13.6 Å². The van der Waals surface area contributed by atoms with Crippen molar-refractivity contribution < 1.29 is 13.2 Å². The van der Waals surface area contributed by atoms with Crippen LogP contribution in [0, 0.1) is 11.6 Å². The highest BCUT2D eigenvalue weighted by Crippen LogP contribution is 2.18. The lowest BCUT2D eigenvalue weighted by atomic mass is 10.2. The van der Waals surface area contributed by atoms with Crippen molar-refractivity contribution in [2.24, 2.45) is 0 Å². The molecule has 0 aliphatic rings. The van der Waals surface area contributed by atoms with E-state index in [1.807, 2.05) is 0 Å². The number of fused-ring (bicyclic) bond motifs is 1. The lowest BCUT2D eigenvalue weighted by Gasteiger charge is -2.01. The maximum Gasteiger partial charge on any atom is 0.259 e. The number of rotatable bonds is 1. The first-order valence-corrected chi connectivity index (χ1v) is 5.07. The van der Waals surface area contributed by atoms with E-state index in [-0.39, 0.29) is 16.7 Å². The van der Waals surface area contributed by atoms with Crippen molar-refractivity contribution in [2.45, 2.75) is 0 Å². The Bertz CT molecular complexity index is 779. The van der Waals surface area contributed by atoms with Crippen molar-refractivity contribution in [3.05, 3.63) is 52.7 Å². The second-order valence-corrected chi connectivity index (χ2v) is 3.71. The maximum absolute atomic E-state index is 13.1. The first-order chi connectivity index (χ1) is 8.65. The highest BCUT2D eigenvalue weighted by Gasteiger charge is 2.10. The zero-order chi connectivity index (χ0) is 12.7. The molecule has 0 spiro atoms. The first kappa shape index (κ1) is 10.6. The van der Waals surface area contributed by atoms with Crippen LogP contribution in [0.5, 0.6) is 0 Å². The molecule has 2 heterocycles. The molecule has 0 aliphatic heterocycles. The van der Waals surface area contributed by atoms with Crippen LogP contribution < -0.4 is 5.56 Å². The Labute approximate surface area is 98.9 Å². The van der Waals surface area contributed by atoms with Gasteiger partial charge in [-0.25, -0.2) is 13.8 Å². The number of benzene rings is 1. The van der Waals surface area contributed by atoms with Crippen LogP contribution in [0.15, 0.2) is 39.9 Å². The fourth-order valence-corrected chi connectivity index (χ4v) is 1.67. The van der Waals surface area contributed by atoms with Crippen molar-refractivity contribution in [3.63, 3.8) is 0 Å². The molecule has 0 unspecified atom stereocenters. The molecule has 0 saturated carbocycles. The molecule has 90 valence electrons. The molecule has 0 radical (unpaired) electrons. The van der Waals surface area contributed by atoms with Crippen LogP contribution in [-0.4, -0.2) is 9.97 Å². The van der Waals surface area contributed by atoms with Crippen molar-refractivity contribution in [1.29, 1.82) is 0 Å². The zero-order valence-corrected chi connectivity index (χ0v) is 8.91. The van der Waals surface area contributed by atoms with E-state index in [4.69, 9.17) is 4.42 Å². The highest BCUT2D eigenvalue weighted by molar-refractivity contribution is 5.79. The summed E-state index contributed by atoms with van der Waals surface area (Å²) in [6.07, 6.45) is 2.81. The monoisotopic (exact) mass is 248 g/mol. The molecule has 2 aromatic heterocycles. The average molecular weight is 248 g/mol. The van der Waals surface area contributed by atoms with Crippen LogP contribution in [0.25, 0.3) is 22.3 Å². The summed E-state index contributed by atoms with van der Waals surface area (Å²) >= 11 is 0. The highest BCUT2D eigenvalue weighted by atomic mass is 19.2. The second-order valence-electron chi connectivity index (χ2n) is 3.71. The van der Waals surface area contributed by atoms with E-state index in [0.717, 1.165) is 12.1 Å². The van der Waals surface area contributed by atoms with Crippen molar-refractivity contribution >= 4 is 10.9 Å². The summed E-state index contributed by atoms with van der Waals surface area (Å²) in [5.74, 6) is -1.88. The first-order valence-electron chi connectivity index (χ1n) is 5.07. The van der Waals surface area contributed by atoms with Gasteiger partial charge in [0.05, 0.1) is 22.7 Å². The van der Waals surface area contributed by atoms with Gasteiger partial charge in [-0.2, -0.15) is 0 Å². The number of aromatic nitrogens is 2. The molecule has 1 N–H and O–H groups in total. The van der Waals surface area contributed by atoms with Gasteiger partial charge in [0.25, 0.3) is 5.56 Å². The predicted molar refractivity (Wildman–Crippen MR) is 60.0 cm³/mol. The van der Waals surface area contributed by atoms with Crippen molar-refractivity contribution in [1.82, 2.24) is 9.97 Å². The van der Waals surface area contributed by atoms with Crippen LogP contribution in [0.1, 0.15) is 0 Å². The second kappa shape index (κ2) is 3.76. The largest absolute Gasteiger partial charge is 0.472 e. The summed E-state index contributed by atoms with van der Waals surface area (Å²) in [5, 5.41) is 0.00106. The normalized spacial score (nSPS) is 11.0. The summed E-state index contributed by atoms with van der Waals surface area (Å²) in [5.41, 5.74) is 0.114. The lowest BCUT2D eigenvalue weighted by Crippen LogP contribution is -2.10. The molecule has 0 bridgehead atoms. The SMILES string of the molecule is O=c1[nH]c(-c2ccoc2)nc2cc(F)c(F)cc12. The fourth-order valence-electron chi connectivity index (χ4n) is 1.67. The number of H-pyrrole nitrogens is 1. The smallest absolute Gasteiger partial charge is 0.259 e. The Balaban J connectivity index is 2.34. The Kier molecular flexibility index (Phi) is 2.22. The average Bonchev–Trinajstić information content (AvgIpc) is 2.85. The zero-order valence-electron chi connectivity index (χ0n) is 8.91. The number of hydrogen-bond donors (Lipinski definition) is 1. The molecule has 0 amide bonds. The van der Waals surface area contributed by atoms with E-state index >= 15 is 0 Å². The Morgan fingerprint density at radius 2 is 2.00 bits per heavy atom. The van der Waals surface area contributed by atoms with Crippen molar-refractivity contribution in [3.8, 4) is 11.4 Å². The van der Waals surface area contributed by atoms with Gasteiger partial charge >= 0.3 is 0 Å². The van der Waals surface area contributed by atoms with Gasteiger partial charge < -0.3 is 9.40 Å². The van der Waals surface area contributed by atoms with Crippen LogP contribution in [0.3, 0.4) is 0 Å². The molecule has 0 saturated heterocycles. The maximum atomic E-state index is 13.1. The molecule has 0 aliphatic carbocycles. The summed E-state index contributed by atoms with van der Waals surface area (Å²) in [7, 11) is 0. The van der Waals surface area contributed by atoms with Gasteiger partial charge in [-0.15, -0.1) is 0 Å². The van der Waals surface area contributed by atoms with E-state index in [2.05, 4.69) is 9.97 Å². The van der Waals surface area contributed by atoms with Gasteiger partial charge in [0.2, 0.25) is 0 Å². The number of halogens is 2. The Morgan fingerprint density at radius 1 is 1.22 bits per heavy atom. The van der Waals surface area contributed by atoms with Gasteiger partial charge in [-0.05, 0) is 12.1 Å². The Hall–Kier alpha value is -2.50. The molecule has 18 heavy (non-hydrogen) atoms. The van der Waals surface area contributed by atoms with Crippen molar-refractivity contribution in [2.75, 3.05) is 0 Å². The molecule has 4 nitrogen and oxygen atoms in total. The third-order valence-electron chi connectivity index (χ3n) is 2.54. The van der Waals surface area contributed by atoms with E-state index in [1.54, 1.807) is 6.07 Å². The van der Waals surface area contributed by atoms with Crippen LogP contribution >= 0.6 is 0 Å². The standard InChI is InChI=1S/C12H6F2N2O2/c13-8-3-7-10(4-9(8)14)15-11(16-12(7)17)6-1-2-18-5-6/h1-5H,(H,15,16,17).